The number of benzene rings is 1. The number of nitrogens with zero attached hydrogens (tertiary/aromatic N) is 1. The quantitative estimate of drug-likeness (QED) is 0.836. The van der Waals surface area contributed by atoms with Crippen LogP contribution >= 0.6 is 0 Å². The summed E-state index contributed by atoms with van der Waals surface area (Å²) in [5.74, 6) is -0.171. The van der Waals surface area contributed by atoms with Gasteiger partial charge in [0.2, 0.25) is 5.91 Å². The van der Waals surface area contributed by atoms with E-state index in [0.29, 0.717) is 18.7 Å². The van der Waals surface area contributed by atoms with Gasteiger partial charge in [-0.1, -0.05) is 12.1 Å². The van der Waals surface area contributed by atoms with Crippen LogP contribution in [0.25, 0.3) is 0 Å². The van der Waals surface area contributed by atoms with Crippen molar-refractivity contribution in [1.29, 1.82) is 0 Å². The highest BCUT2D eigenvalue weighted by atomic mass is 16.5. The molecular formula is C16H22N2O3. The first-order valence-corrected chi connectivity index (χ1v) is 7.36. The van der Waals surface area contributed by atoms with Gasteiger partial charge < -0.3 is 15.0 Å². The van der Waals surface area contributed by atoms with E-state index in [4.69, 9.17) is 0 Å². The minimum atomic E-state index is -0.338. The van der Waals surface area contributed by atoms with Crippen LogP contribution in [-0.4, -0.2) is 43.5 Å². The Labute approximate surface area is 125 Å². The summed E-state index contributed by atoms with van der Waals surface area (Å²) >= 11 is 0. The average molecular weight is 290 g/mol. The van der Waals surface area contributed by atoms with Gasteiger partial charge in [0.1, 0.15) is 0 Å². The molecule has 5 nitrogen and oxygen atoms in total. The number of amides is 1. The SMILES string of the molecule is COC(=O)c1ccc(CNCC(=O)N2CCCCC2)cc1. The zero-order valence-corrected chi connectivity index (χ0v) is 12.4. The first-order chi connectivity index (χ1) is 10.2. The maximum absolute atomic E-state index is 12.0. The highest BCUT2D eigenvalue weighted by molar-refractivity contribution is 5.89. The third-order valence-electron chi connectivity index (χ3n) is 3.69. The molecule has 1 aromatic rings. The lowest BCUT2D eigenvalue weighted by molar-refractivity contribution is -0.131. The van der Waals surface area contributed by atoms with E-state index in [1.165, 1.54) is 13.5 Å². The largest absolute Gasteiger partial charge is 0.465 e. The van der Waals surface area contributed by atoms with Gasteiger partial charge in [-0.05, 0) is 37.0 Å². The zero-order valence-electron chi connectivity index (χ0n) is 12.4. The molecule has 1 heterocycles. The molecule has 0 saturated carbocycles. The van der Waals surface area contributed by atoms with Gasteiger partial charge >= 0.3 is 5.97 Å². The molecular weight excluding hydrogens is 268 g/mol. The molecule has 0 atom stereocenters. The lowest BCUT2D eigenvalue weighted by atomic mass is 10.1. The number of likely N-dealkylation sites (tertiary alicyclic amines) is 1. The van der Waals surface area contributed by atoms with Crippen LogP contribution in [0.15, 0.2) is 24.3 Å². The van der Waals surface area contributed by atoms with Crippen molar-refractivity contribution in [1.82, 2.24) is 10.2 Å². The lowest BCUT2D eigenvalue weighted by Crippen LogP contribution is -2.40. The van der Waals surface area contributed by atoms with Crippen molar-refractivity contribution < 1.29 is 14.3 Å². The molecule has 0 radical (unpaired) electrons. The molecule has 114 valence electrons. The van der Waals surface area contributed by atoms with E-state index in [9.17, 15) is 9.59 Å². The van der Waals surface area contributed by atoms with Crippen LogP contribution in [0.1, 0.15) is 35.2 Å². The van der Waals surface area contributed by atoms with E-state index in [1.54, 1.807) is 12.1 Å². The Morgan fingerprint density at radius 2 is 1.81 bits per heavy atom. The standard InChI is InChI=1S/C16H22N2O3/c1-21-16(20)14-7-5-13(6-8-14)11-17-12-15(19)18-9-3-2-4-10-18/h5-8,17H,2-4,9-12H2,1H3. The molecule has 1 N–H and O–H groups in total. The molecule has 0 aliphatic carbocycles. The third kappa shape index (κ3) is 4.56. The van der Waals surface area contributed by atoms with Crippen LogP contribution < -0.4 is 5.32 Å². The Morgan fingerprint density at radius 1 is 1.14 bits per heavy atom. The number of carbonyl (C=O) groups excluding carboxylic acids is 2. The van der Waals surface area contributed by atoms with Gasteiger partial charge in [0.05, 0.1) is 19.2 Å². The first kappa shape index (κ1) is 15.5. The van der Waals surface area contributed by atoms with Gasteiger partial charge in [0, 0.05) is 19.6 Å². The third-order valence-corrected chi connectivity index (χ3v) is 3.69. The summed E-state index contributed by atoms with van der Waals surface area (Å²) in [5.41, 5.74) is 1.57. The second kappa shape index (κ2) is 7.78. The number of esters is 1. The Morgan fingerprint density at radius 3 is 2.43 bits per heavy atom. The maximum atomic E-state index is 12.0. The fourth-order valence-electron chi connectivity index (χ4n) is 2.45. The molecule has 21 heavy (non-hydrogen) atoms. The number of methoxy groups -OCH3 is 1. The Bertz CT molecular complexity index is 479. The fraction of sp³-hybridized carbons (Fsp3) is 0.500. The minimum absolute atomic E-state index is 0.167. The molecule has 5 heteroatoms. The number of piperidine rings is 1. The zero-order chi connectivity index (χ0) is 15.1. The Balaban J connectivity index is 1.75. The fourth-order valence-corrected chi connectivity index (χ4v) is 2.45. The summed E-state index contributed by atoms with van der Waals surface area (Å²) in [6.45, 7) is 2.74. The number of hydrogen-bond donors (Lipinski definition) is 1. The summed E-state index contributed by atoms with van der Waals surface area (Å²) in [7, 11) is 1.37. The topological polar surface area (TPSA) is 58.6 Å². The van der Waals surface area contributed by atoms with Crippen LogP contribution in [-0.2, 0) is 16.1 Å². The highest BCUT2D eigenvalue weighted by Gasteiger charge is 2.15. The smallest absolute Gasteiger partial charge is 0.337 e. The number of rotatable bonds is 5. The summed E-state index contributed by atoms with van der Waals surface area (Å²) in [6.07, 6.45) is 3.45. The van der Waals surface area contributed by atoms with Gasteiger partial charge in [0.25, 0.3) is 0 Å². The molecule has 0 unspecified atom stereocenters. The van der Waals surface area contributed by atoms with Crippen molar-refractivity contribution in [2.75, 3.05) is 26.7 Å². The lowest BCUT2D eigenvalue weighted by Gasteiger charge is -2.26. The maximum Gasteiger partial charge on any atom is 0.337 e. The summed E-state index contributed by atoms with van der Waals surface area (Å²) in [4.78, 5) is 25.2. The van der Waals surface area contributed by atoms with Crippen LogP contribution in [0.4, 0.5) is 0 Å². The second-order valence-electron chi connectivity index (χ2n) is 5.23. The number of ether oxygens (including phenoxy) is 1. The molecule has 1 fully saturated rings. The Kier molecular flexibility index (Phi) is 5.75. The van der Waals surface area contributed by atoms with Crippen molar-refractivity contribution in [3.63, 3.8) is 0 Å². The normalized spacial score (nSPS) is 14.8. The molecule has 1 aromatic carbocycles. The van der Waals surface area contributed by atoms with Crippen molar-refractivity contribution in [3.05, 3.63) is 35.4 Å². The highest BCUT2D eigenvalue weighted by Crippen LogP contribution is 2.08. The van der Waals surface area contributed by atoms with Gasteiger partial charge in [-0.2, -0.15) is 0 Å². The Hall–Kier alpha value is -1.88. The predicted octanol–water partition coefficient (Wildman–Crippen LogP) is 1.58. The molecule has 0 aromatic heterocycles. The monoisotopic (exact) mass is 290 g/mol. The molecule has 1 amide bonds. The number of hydrogen-bond acceptors (Lipinski definition) is 4. The van der Waals surface area contributed by atoms with E-state index >= 15 is 0 Å². The second-order valence-corrected chi connectivity index (χ2v) is 5.23. The van der Waals surface area contributed by atoms with Crippen molar-refractivity contribution in [2.24, 2.45) is 0 Å². The van der Waals surface area contributed by atoms with Gasteiger partial charge in [0.15, 0.2) is 0 Å². The van der Waals surface area contributed by atoms with Crippen molar-refractivity contribution in [3.8, 4) is 0 Å². The summed E-state index contributed by atoms with van der Waals surface area (Å²) < 4.78 is 4.65. The molecule has 1 aliphatic rings. The average Bonchev–Trinajstić information content (AvgIpc) is 2.55. The summed E-state index contributed by atoms with van der Waals surface area (Å²) in [6, 6.07) is 7.19. The molecule has 0 bridgehead atoms. The van der Waals surface area contributed by atoms with E-state index < -0.39 is 0 Å². The molecule has 1 saturated heterocycles. The van der Waals surface area contributed by atoms with Crippen molar-refractivity contribution >= 4 is 11.9 Å². The number of nitrogens with one attached hydrogen (secondary N) is 1. The van der Waals surface area contributed by atoms with E-state index in [2.05, 4.69) is 10.1 Å². The van der Waals surface area contributed by atoms with E-state index in [0.717, 1.165) is 31.5 Å². The summed E-state index contributed by atoms with van der Waals surface area (Å²) in [5, 5.41) is 3.15. The van der Waals surface area contributed by atoms with Gasteiger partial charge in [-0.15, -0.1) is 0 Å². The molecule has 2 rings (SSSR count). The van der Waals surface area contributed by atoms with Crippen LogP contribution in [0, 0.1) is 0 Å². The van der Waals surface area contributed by atoms with Crippen LogP contribution in [0.2, 0.25) is 0 Å². The predicted molar refractivity (Wildman–Crippen MR) is 79.9 cm³/mol. The van der Waals surface area contributed by atoms with Gasteiger partial charge in [-0.25, -0.2) is 4.79 Å². The van der Waals surface area contributed by atoms with E-state index in [1.807, 2.05) is 17.0 Å². The minimum Gasteiger partial charge on any atom is -0.465 e. The van der Waals surface area contributed by atoms with E-state index in [-0.39, 0.29) is 11.9 Å². The van der Waals surface area contributed by atoms with Crippen molar-refractivity contribution in [2.45, 2.75) is 25.8 Å². The number of carbonyl (C=O) groups is 2. The first-order valence-electron chi connectivity index (χ1n) is 7.36. The molecule has 0 spiro atoms. The molecule has 1 aliphatic heterocycles. The van der Waals surface area contributed by atoms with Gasteiger partial charge in [-0.3, -0.25) is 4.79 Å². The van der Waals surface area contributed by atoms with Crippen LogP contribution in [0.3, 0.4) is 0 Å². The van der Waals surface area contributed by atoms with Crippen LogP contribution in [0.5, 0.6) is 0 Å².